The Labute approximate surface area is 200 Å². The molecule has 0 aliphatic heterocycles. The number of azide groups is 1. The highest BCUT2D eigenvalue weighted by molar-refractivity contribution is 6.99. The summed E-state index contributed by atoms with van der Waals surface area (Å²) in [5.74, 6) is 6.97. The first-order valence-corrected chi connectivity index (χ1v) is 14.2. The summed E-state index contributed by atoms with van der Waals surface area (Å²) >= 11 is 0. The lowest BCUT2D eigenvalue weighted by Crippen LogP contribution is -2.66. The zero-order valence-corrected chi connectivity index (χ0v) is 21.3. The van der Waals surface area contributed by atoms with Crippen LogP contribution in [0.2, 0.25) is 5.04 Å². The van der Waals surface area contributed by atoms with Gasteiger partial charge < -0.3 is 4.43 Å². The molecule has 0 bridgehead atoms. The number of benzene rings is 2. The van der Waals surface area contributed by atoms with Crippen LogP contribution in [-0.4, -0.2) is 21.0 Å². The second kappa shape index (κ2) is 12.1. The maximum atomic E-state index is 8.79. The molecule has 2 aromatic rings. The third-order valence-electron chi connectivity index (χ3n) is 6.65. The van der Waals surface area contributed by atoms with Gasteiger partial charge in [0.15, 0.2) is 0 Å². The van der Waals surface area contributed by atoms with Gasteiger partial charge in [-0.3, -0.25) is 0 Å². The first-order chi connectivity index (χ1) is 16.0. The summed E-state index contributed by atoms with van der Waals surface area (Å²) in [6.45, 7) is 7.68. The molecule has 0 saturated heterocycles. The Bertz CT molecular complexity index is 929. The highest BCUT2D eigenvalue weighted by Crippen LogP contribution is 2.36. The lowest BCUT2D eigenvalue weighted by atomic mass is 9.85. The van der Waals surface area contributed by atoms with Gasteiger partial charge in [-0.05, 0) is 46.6 Å². The van der Waals surface area contributed by atoms with Gasteiger partial charge in [0.25, 0.3) is 8.32 Å². The topological polar surface area (TPSA) is 58.0 Å². The number of rotatable bonds is 8. The Morgan fingerprint density at radius 2 is 1.58 bits per heavy atom. The van der Waals surface area contributed by atoms with Crippen molar-refractivity contribution in [1.29, 1.82) is 0 Å². The van der Waals surface area contributed by atoms with E-state index >= 15 is 0 Å². The molecule has 1 aliphatic rings. The Kier molecular flexibility index (Phi) is 9.20. The third kappa shape index (κ3) is 6.30. The molecule has 0 N–H and O–H groups in total. The van der Waals surface area contributed by atoms with E-state index in [9.17, 15) is 0 Å². The van der Waals surface area contributed by atoms with Crippen molar-refractivity contribution in [2.75, 3.05) is 6.61 Å². The number of nitrogens with zero attached hydrogens (tertiary/aromatic N) is 3. The Hall–Kier alpha value is -2.51. The molecule has 2 unspecified atom stereocenters. The number of hydrogen-bond acceptors (Lipinski definition) is 2. The normalized spacial score (nSPS) is 18.6. The Morgan fingerprint density at radius 1 is 0.970 bits per heavy atom. The molecule has 0 heterocycles. The maximum Gasteiger partial charge on any atom is 0.261 e. The fraction of sp³-hybridized carbons (Fsp3) is 0.500. The highest BCUT2D eigenvalue weighted by atomic mass is 28.4. The molecule has 0 radical (unpaired) electrons. The minimum absolute atomic E-state index is 0.00671. The molecule has 2 aromatic carbocycles. The summed E-state index contributed by atoms with van der Waals surface area (Å²) in [4.78, 5) is 3.02. The van der Waals surface area contributed by atoms with E-state index in [-0.39, 0.29) is 17.0 Å². The second-order valence-electron chi connectivity index (χ2n) is 9.95. The average molecular weight is 460 g/mol. The Balaban J connectivity index is 1.65. The van der Waals surface area contributed by atoms with E-state index in [0.29, 0.717) is 0 Å². The van der Waals surface area contributed by atoms with E-state index in [1.165, 1.54) is 16.8 Å². The molecule has 5 heteroatoms. The zero-order valence-electron chi connectivity index (χ0n) is 20.3. The van der Waals surface area contributed by atoms with Crippen molar-refractivity contribution in [2.24, 2.45) is 11.0 Å². The van der Waals surface area contributed by atoms with Crippen molar-refractivity contribution >= 4 is 18.7 Å². The summed E-state index contributed by atoms with van der Waals surface area (Å²) in [5.41, 5.74) is 8.79. The maximum absolute atomic E-state index is 8.79. The smallest absolute Gasteiger partial charge is 0.261 e. The standard InChI is InChI=1S/C28H37N3OSi/c1-28(2,3)33(25-18-9-6-10-19-25,26-20-11-7-12-21-26)32-23-15-5-4-8-16-24-17-13-14-22-27(24)30-31-29/h6-7,9-12,18-21,24,27H,4-5,13-15,17,22-23H2,1-3H3. The number of unbranched alkanes of at least 4 members (excludes halogenated alkanes) is 2. The molecule has 4 nitrogen and oxygen atoms in total. The summed E-state index contributed by atoms with van der Waals surface area (Å²) in [7, 11) is -2.45. The molecule has 0 amide bonds. The molecule has 1 aliphatic carbocycles. The van der Waals surface area contributed by atoms with E-state index in [4.69, 9.17) is 9.96 Å². The van der Waals surface area contributed by atoms with Gasteiger partial charge >= 0.3 is 0 Å². The molecule has 174 valence electrons. The van der Waals surface area contributed by atoms with E-state index in [1.807, 2.05) is 0 Å². The van der Waals surface area contributed by atoms with Crippen LogP contribution in [0, 0.1) is 17.8 Å². The zero-order chi connectivity index (χ0) is 23.6. The van der Waals surface area contributed by atoms with E-state index in [1.54, 1.807) is 0 Å². The predicted octanol–water partition coefficient (Wildman–Crippen LogP) is 6.61. The molecule has 2 atom stereocenters. The van der Waals surface area contributed by atoms with E-state index in [2.05, 4.69) is 103 Å². The van der Waals surface area contributed by atoms with Gasteiger partial charge in [-0.15, -0.1) is 5.92 Å². The average Bonchev–Trinajstić information content (AvgIpc) is 2.82. The SMILES string of the molecule is CC(C)(C)[Si](OCCCCC#CC1CCCCC1N=[N+]=[N-])(c1ccccc1)c1ccccc1. The monoisotopic (exact) mass is 459 g/mol. The first kappa shape index (κ1) is 25.1. The van der Waals surface area contributed by atoms with Gasteiger partial charge in [-0.25, -0.2) is 0 Å². The number of hydrogen-bond donors (Lipinski definition) is 0. The second-order valence-corrected chi connectivity index (χ2v) is 14.3. The summed E-state index contributed by atoms with van der Waals surface area (Å²) < 4.78 is 6.95. The van der Waals surface area contributed by atoms with Crippen LogP contribution in [0.4, 0.5) is 0 Å². The van der Waals surface area contributed by atoms with Gasteiger partial charge in [-0.2, -0.15) is 0 Å². The fourth-order valence-electron chi connectivity index (χ4n) is 4.99. The van der Waals surface area contributed by atoms with Crippen LogP contribution in [0.5, 0.6) is 0 Å². The molecule has 3 rings (SSSR count). The molecule has 33 heavy (non-hydrogen) atoms. The summed E-state index contributed by atoms with van der Waals surface area (Å²) in [6, 6.07) is 21.6. The van der Waals surface area contributed by atoms with Gasteiger partial charge in [0.1, 0.15) is 0 Å². The molecule has 1 fully saturated rings. The first-order valence-electron chi connectivity index (χ1n) is 12.3. The summed E-state index contributed by atoms with van der Waals surface area (Å²) in [6.07, 6.45) is 7.21. The third-order valence-corrected chi connectivity index (χ3v) is 11.7. The Morgan fingerprint density at radius 3 is 2.15 bits per heavy atom. The lowest BCUT2D eigenvalue weighted by Gasteiger charge is -2.43. The molecular weight excluding hydrogens is 422 g/mol. The van der Waals surface area contributed by atoms with Crippen molar-refractivity contribution in [2.45, 2.75) is 76.8 Å². The summed E-state index contributed by atoms with van der Waals surface area (Å²) in [5, 5.41) is 6.62. The van der Waals surface area contributed by atoms with Crippen molar-refractivity contribution in [1.82, 2.24) is 0 Å². The van der Waals surface area contributed by atoms with E-state index in [0.717, 1.165) is 45.1 Å². The van der Waals surface area contributed by atoms with Crippen LogP contribution in [0.15, 0.2) is 65.8 Å². The van der Waals surface area contributed by atoms with Gasteiger partial charge in [0, 0.05) is 23.9 Å². The van der Waals surface area contributed by atoms with Gasteiger partial charge in [0.2, 0.25) is 0 Å². The predicted molar refractivity (Wildman–Crippen MR) is 140 cm³/mol. The highest BCUT2D eigenvalue weighted by Gasteiger charge is 2.49. The van der Waals surface area contributed by atoms with Gasteiger partial charge in [-0.1, -0.05) is 105 Å². The molecule has 0 spiro atoms. The lowest BCUT2D eigenvalue weighted by molar-refractivity contribution is 0.289. The van der Waals surface area contributed by atoms with Crippen molar-refractivity contribution < 1.29 is 4.43 Å². The van der Waals surface area contributed by atoms with Gasteiger partial charge in [0.05, 0.1) is 6.04 Å². The fourth-order valence-corrected chi connectivity index (χ4v) is 9.60. The van der Waals surface area contributed by atoms with Crippen LogP contribution in [0.3, 0.4) is 0 Å². The minimum Gasteiger partial charge on any atom is -0.407 e. The van der Waals surface area contributed by atoms with Crippen LogP contribution in [-0.2, 0) is 4.43 Å². The molecular formula is C28H37N3OSi. The van der Waals surface area contributed by atoms with Crippen LogP contribution >= 0.6 is 0 Å². The quantitative estimate of drug-likeness (QED) is 0.109. The molecule has 1 saturated carbocycles. The molecule has 0 aromatic heterocycles. The van der Waals surface area contributed by atoms with Crippen molar-refractivity contribution in [3.8, 4) is 11.8 Å². The van der Waals surface area contributed by atoms with E-state index < -0.39 is 8.32 Å². The van der Waals surface area contributed by atoms with Crippen LogP contribution in [0.1, 0.15) is 65.7 Å². The van der Waals surface area contributed by atoms with Crippen molar-refractivity contribution in [3.63, 3.8) is 0 Å². The van der Waals surface area contributed by atoms with Crippen molar-refractivity contribution in [3.05, 3.63) is 71.1 Å². The minimum atomic E-state index is -2.45. The van der Waals surface area contributed by atoms with Crippen LogP contribution in [0.25, 0.3) is 10.4 Å². The largest absolute Gasteiger partial charge is 0.407 e. The van der Waals surface area contributed by atoms with Crippen LogP contribution < -0.4 is 10.4 Å².